The van der Waals surface area contributed by atoms with Gasteiger partial charge in [-0.1, -0.05) is 48.5 Å². The Bertz CT molecular complexity index is 1330. The molecule has 0 atom stereocenters. The Morgan fingerprint density at radius 2 is 1.69 bits per heavy atom. The fraction of sp³-hybridized carbons (Fsp3) is 0.250. The molecule has 0 unspecified atom stereocenters. The number of amides is 1. The number of carbonyl (C=O) groups excluding carboxylic acids is 1. The highest BCUT2D eigenvalue weighted by molar-refractivity contribution is 6.04. The quantitative estimate of drug-likeness (QED) is 0.506. The third-order valence-corrected chi connectivity index (χ3v) is 7.07. The first-order valence-corrected chi connectivity index (χ1v) is 11.4. The first kappa shape index (κ1) is 19.3. The summed E-state index contributed by atoms with van der Waals surface area (Å²) < 4.78 is 2.15. The van der Waals surface area contributed by atoms with Gasteiger partial charge >= 0.3 is 0 Å². The Morgan fingerprint density at radius 1 is 0.938 bits per heavy atom. The minimum Gasteiger partial charge on any atom is -0.340 e. The van der Waals surface area contributed by atoms with Crippen molar-refractivity contribution >= 4 is 16.8 Å². The maximum Gasteiger partial charge on any atom is 0.270 e. The fourth-order valence-corrected chi connectivity index (χ4v) is 4.98. The molecule has 0 radical (unpaired) electrons. The highest BCUT2D eigenvalue weighted by Crippen LogP contribution is 2.37. The van der Waals surface area contributed by atoms with Gasteiger partial charge in [0, 0.05) is 30.2 Å². The van der Waals surface area contributed by atoms with Gasteiger partial charge in [-0.15, -0.1) is 0 Å². The van der Waals surface area contributed by atoms with Crippen LogP contribution in [0.25, 0.3) is 27.7 Å². The topological polar surface area (TPSA) is 51.3 Å². The van der Waals surface area contributed by atoms with Gasteiger partial charge < -0.3 is 15.2 Å². The van der Waals surface area contributed by atoms with Crippen LogP contribution < -0.4 is 5.73 Å². The summed E-state index contributed by atoms with van der Waals surface area (Å²) in [7, 11) is 1.89. The number of benzene rings is 3. The molecule has 0 saturated heterocycles. The maximum absolute atomic E-state index is 13.3. The van der Waals surface area contributed by atoms with E-state index in [4.69, 9.17) is 5.73 Å². The Labute approximate surface area is 188 Å². The summed E-state index contributed by atoms with van der Waals surface area (Å²) in [6, 6.07) is 25.6. The van der Waals surface area contributed by atoms with Crippen molar-refractivity contribution in [2.24, 2.45) is 5.73 Å². The summed E-state index contributed by atoms with van der Waals surface area (Å²) in [6.45, 7) is 0.748. The number of rotatable bonds is 4. The summed E-state index contributed by atoms with van der Waals surface area (Å²) >= 11 is 0. The van der Waals surface area contributed by atoms with E-state index in [1.807, 2.05) is 18.0 Å². The third-order valence-electron chi connectivity index (χ3n) is 7.07. The minimum atomic E-state index is -0.00660. The zero-order valence-corrected chi connectivity index (χ0v) is 18.3. The van der Waals surface area contributed by atoms with E-state index >= 15 is 0 Å². The SMILES string of the molecule is CN1CCc2c(n(-c3ccc(CC4(N)CC4)cc3)c3ccc(-c4ccccc4)cc23)C1=O. The van der Waals surface area contributed by atoms with Gasteiger partial charge in [0.25, 0.3) is 5.91 Å². The van der Waals surface area contributed by atoms with Gasteiger partial charge in [0.15, 0.2) is 0 Å². The second-order valence-corrected chi connectivity index (χ2v) is 9.44. The summed E-state index contributed by atoms with van der Waals surface area (Å²) in [6.07, 6.45) is 4.00. The average molecular weight is 422 g/mol. The number of fused-ring (bicyclic) bond motifs is 3. The van der Waals surface area contributed by atoms with Crippen molar-refractivity contribution < 1.29 is 4.79 Å². The normalized spacial score (nSPS) is 16.9. The van der Waals surface area contributed by atoms with E-state index in [0.717, 1.165) is 54.7 Å². The summed E-state index contributed by atoms with van der Waals surface area (Å²) in [5.74, 6) is 0.0895. The lowest BCUT2D eigenvalue weighted by molar-refractivity contribution is 0.0773. The van der Waals surface area contributed by atoms with Crippen LogP contribution in [0.1, 0.15) is 34.5 Å². The van der Waals surface area contributed by atoms with Crippen molar-refractivity contribution in [3.05, 3.63) is 89.6 Å². The molecule has 6 rings (SSSR count). The van der Waals surface area contributed by atoms with Crippen LogP contribution in [0.4, 0.5) is 0 Å². The van der Waals surface area contributed by atoms with Crippen LogP contribution in [0.5, 0.6) is 0 Å². The van der Waals surface area contributed by atoms with Crippen molar-refractivity contribution in [3.8, 4) is 16.8 Å². The van der Waals surface area contributed by atoms with Crippen LogP contribution >= 0.6 is 0 Å². The van der Waals surface area contributed by atoms with Gasteiger partial charge in [-0.05, 0) is 72.2 Å². The molecule has 4 aromatic rings. The predicted octanol–water partition coefficient (Wildman–Crippen LogP) is 4.96. The molecular weight excluding hydrogens is 394 g/mol. The van der Waals surface area contributed by atoms with Crippen LogP contribution in [0.3, 0.4) is 0 Å². The molecular formula is C28H27N3O. The zero-order valence-electron chi connectivity index (χ0n) is 18.3. The Kier molecular flexibility index (Phi) is 4.27. The molecule has 4 nitrogen and oxygen atoms in total. The van der Waals surface area contributed by atoms with Gasteiger partial charge in [0.1, 0.15) is 5.69 Å². The highest BCUT2D eigenvalue weighted by Gasteiger charge is 2.38. The van der Waals surface area contributed by atoms with Gasteiger partial charge in [-0.3, -0.25) is 4.79 Å². The van der Waals surface area contributed by atoms with Crippen molar-refractivity contribution in [3.63, 3.8) is 0 Å². The number of likely N-dealkylation sites (N-methyl/N-ethyl adjacent to an activating group) is 1. The maximum atomic E-state index is 13.3. The van der Waals surface area contributed by atoms with Gasteiger partial charge in [-0.25, -0.2) is 0 Å². The lowest BCUT2D eigenvalue weighted by Gasteiger charge is -2.24. The van der Waals surface area contributed by atoms with E-state index in [-0.39, 0.29) is 11.4 Å². The van der Waals surface area contributed by atoms with E-state index < -0.39 is 0 Å². The van der Waals surface area contributed by atoms with E-state index in [1.165, 1.54) is 22.1 Å². The van der Waals surface area contributed by atoms with Crippen LogP contribution in [0.2, 0.25) is 0 Å². The molecule has 4 heteroatoms. The molecule has 1 fully saturated rings. The monoisotopic (exact) mass is 421 g/mol. The van der Waals surface area contributed by atoms with Crippen LogP contribution in [-0.4, -0.2) is 34.5 Å². The Balaban J connectivity index is 1.51. The number of nitrogens with two attached hydrogens (primary N) is 1. The second-order valence-electron chi connectivity index (χ2n) is 9.44. The number of carbonyl (C=O) groups is 1. The molecule has 1 saturated carbocycles. The van der Waals surface area contributed by atoms with Crippen molar-refractivity contribution in [1.82, 2.24) is 9.47 Å². The molecule has 2 heterocycles. The first-order chi connectivity index (χ1) is 15.5. The van der Waals surface area contributed by atoms with Gasteiger partial charge in [0.2, 0.25) is 0 Å². The molecule has 160 valence electrons. The first-order valence-electron chi connectivity index (χ1n) is 11.4. The number of hydrogen-bond acceptors (Lipinski definition) is 2. The fourth-order valence-electron chi connectivity index (χ4n) is 4.98. The molecule has 1 amide bonds. The number of hydrogen-bond donors (Lipinski definition) is 1. The van der Waals surface area contributed by atoms with E-state index in [0.29, 0.717) is 0 Å². The molecule has 0 spiro atoms. The predicted molar refractivity (Wildman–Crippen MR) is 129 cm³/mol. The lowest BCUT2D eigenvalue weighted by atomic mass is 9.99. The molecule has 2 N–H and O–H groups in total. The number of nitrogens with zero attached hydrogens (tertiary/aromatic N) is 2. The van der Waals surface area contributed by atoms with Crippen LogP contribution in [-0.2, 0) is 12.8 Å². The molecule has 32 heavy (non-hydrogen) atoms. The smallest absolute Gasteiger partial charge is 0.270 e. The van der Waals surface area contributed by atoms with E-state index in [1.54, 1.807) is 0 Å². The second kappa shape index (κ2) is 7.07. The zero-order chi connectivity index (χ0) is 21.9. The third kappa shape index (κ3) is 3.14. The summed E-state index contributed by atoms with van der Waals surface area (Å²) in [4.78, 5) is 15.1. The standard InChI is InChI=1S/C28H27N3O/c1-30-16-13-23-24-17-21(20-5-3-2-4-6-20)9-12-25(24)31(26(23)27(30)32)22-10-7-19(8-11-22)18-28(29)14-15-28/h2-12,17H,13-16,18,29H2,1H3. The van der Waals surface area contributed by atoms with Gasteiger partial charge in [0.05, 0.1) is 5.52 Å². The van der Waals surface area contributed by atoms with E-state index in [9.17, 15) is 4.79 Å². The molecule has 0 bridgehead atoms. The van der Waals surface area contributed by atoms with Crippen molar-refractivity contribution in [1.29, 1.82) is 0 Å². The van der Waals surface area contributed by atoms with Gasteiger partial charge in [-0.2, -0.15) is 0 Å². The molecule has 1 aliphatic carbocycles. The molecule has 1 aliphatic heterocycles. The van der Waals surface area contributed by atoms with Crippen molar-refractivity contribution in [2.75, 3.05) is 13.6 Å². The lowest BCUT2D eigenvalue weighted by Crippen LogP contribution is -2.35. The number of aromatic nitrogens is 1. The van der Waals surface area contributed by atoms with E-state index in [2.05, 4.69) is 71.3 Å². The molecule has 2 aliphatic rings. The average Bonchev–Trinajstić information content (AvgIpc) is 3.45. The molecule has 3 aromatic carbocycles. The van der Waals surface area contributed by atoms with Crippen LogP contribution in [0.15, 0.2) is 72.8 Å². The summed E-state index contributed by atoms with van der Waals surface area (Å²) in [5, 5.41) is 1.17. The molecule has 1 aromatic heterocycles. The highest BCUT2D eigenvalue weighted by atomic mass is 16.2. The largest absolute Gasteiger partial charge is 0.340 e. The minimum absolute atomic E-state index is 0.00660. The summed E-state index contributed by atoms with van der Waals surface area (Å²) in [5.41, 5.74) is 14.0. The van der Waals surface area contributed by atoms with Crippen LogP contribution in [0, 0.1) is 0 Å². The Hall–Kier alpha value is -3.37. The van der Waals surface area contributed by atoms with Crippen molar-refractivity contribution in [2.45, 2.75) is 31.2 Å². The Morgan fingerprint density at radius 3 is 2.41 bits per heavy atom.